The van der Waals surface area contributed by atoms with Gasteiger partial charge in [0.15, 0.2) is 0 Å². The van der Waals surface area contributed by atoms with Gasteiger partial charge < -0.3 is 5.73 Å². The minimum atomic E-state index is -3.29. The molecule has 7 nitrogen and oxygen atoms in total. The molecule has 0 bridgehead atoms. The molecule has 0 unspecified atom stereocenters. The number of nitrogen functional groups attached to an aromatic ring is 1. The fourth-order valence-corrected chi connectivity index (χ4v) is 3.56. The summed E-state index contributed by atoms with van der Waals surface area (Å²) in [4.78, 5) is 16.7. The number of anilines is 1. The SMILES string of the molecule is Nc1[nH]c(=O)ncc1C#CCNS(=O)(=O)C1CCCC1. The molecule has 1 aliphatic carbocycles. The Morgan fingerprint density at radius 3 is 2.80 bits per heavy atom. The van der Waals surface area contributed by atoms with Crippen molar-refractivity contribution in [3.8, 4) is 11.8 Å². The van der Waals surface area contributed by atoms with E-state index in [9.17, 15) is 13.2 Å². The zero-order chi connectivity index (χ0) is 14.6. The number of nitrogens with zero attached hydrogens (tertiary/aromatic N) is 1. The number of H-pyrrole nitrogens is 1. The van der Waals surface area contributed by atoms with Crippen LogP contribution in [0.15, 0.2) is 11.0 Å². The van der Waals surface area contributed by atoms with Crippen molar-refractivity contribution in [2.24, 2.45) is 0 Å². The molecule has 0 radical (unpaired) electrons. The average molecular weight is 296 g/mol. The van der Waals surface area contributed by atoms with E-state index < -0.39 is 15.7 Å². The lowest BCUT2D eigenvalue weighted by Crippen LogP contribution is -2.32. The number of aromatic amines is 1. The monoisotopic (exact) mass is 296 g/mol. The molecule has 108 valence electrons. The standard InChI is InChI=1S/C12H16N4O3S/c13-11-9(8-14-12(17)16-11)4-3-7-15-20(18,19)10-5-1-2-6-10/h8,10,15H,1-2,5-7H2,(H3,13,14,16,17). The van der Waals surface area contributed by atoms with E-state index in [1.165, 1.54) is 6.20 Å². The van der Waals surface area contributed by atoms with Crippen molar-refractivity contribution >= 4 is 15.8 Å². The number of nitrogens with two attached hydrogens (primary N) is 1. The molecule has 8 heteroatoms. The largest absolute Gasteiger partial charge is 0.384 e. The van der Waals surface area contributed by atoms with Crippen molar-refractivity contribution < 1.29 is 8.42 Å². The van der Waals surface area contributed by atoms with Crippen LogP contribution in [0.2, 0.25) is 0 Å². The van der Waals surface area contributed by atoms with Crippen LogP contribution in [0.4, 0.5) is 5.82 Å². The maximum absolute atomic E-state index is 11.9. The zero-order valence-corrected chi connectivity index (χ0v) is 11.7. The van der Waals surface area contributed by atoms with Crippen LogP contribution in [0.1, 0.15) is 31.2 Å². The Morgan fingerprint density at radius 2 is 2.15 bits per heavy atom. The smallest absolute Gasteiger partial charge is 0.346 e. The molecule has 0 amide bonds. The summed E-state index contributed by atoms with van der Waals surface area (Å²) < 4.78 is 26.3. The van der Waals surface area contributed by atoms with E-state index in [2.05, 4.69) is 26.5 Å². The highest BCUT2D eigenvalue weighted by atomic mass is 32.2. The van der Waals surface area contributed by atoms with Gasteiger partial charge in [0, 0.05) is 0 Å². The van der Waals surface area contributed by atoms with E-state index in [0.717, 1.165) is 12.8 Å². The molecular weight excluding hydrogens is 280 g/mol. The third-order valence-corrected chi connectivity index (χ3v) is 5.06. The predicted molar refractivity (Wildman–Crippen MR) is 75.3 cm³/mol. The molecule has 1 aromatic rings. The van der Waals surface area contributed by atoms with E-state index in [1.807, 2.05) is 0 Å². The number of hydrogen-bond donors (Lipinski definition) is 3. The van der Waals surface area contributed by atoms with Crippen molar-refractivity contribution in [3.63, 3.8) is 0 Å². The Labute approximate surface area is 117 Å². The van der Waals surface area contributed by atoms with E-state index in [-0.39, 0.29) is 17.6 Å². The van der Waals surface area contributed by atoms with Gasteiger partial charge in [-0.05, 0) is 12.8 Å². The summed E-state index contributed by atoms with van der Waals surface area (Å²) >= 11 is 0. The minimum Gasteiger partial charge on any atom is -0.384 e. The van der Waals surface area contributed by atoms with Crippen molar-refractivity contribution in [2.45, 2.75) is 30.9 Å². The minimum absolute atomic E-state index is 0.0113. The summed E-state index contributed by atoms with van der Waals surface area (Å²) in [7, 11) is -3.29. The lowest BCUT2D eigenvalue weighted by atomic mass is 10.3. The van der Waals surface area contributed by atoms with Gasteiger partial charge in [0.2, 0.25) is 10.0 Å². The summed E-state index contributed by atoms with van der Waals surface area (Å²) in [6.07, 6.45) is 4.58. The quantitative estimate of drug-likeness (QED) is 0.654. The van der Waals surface area contributed by atoms with Crippen molar-refractivity contribution in [3.05, 3.63) is 22.2 Å². The molecule has 0 atom stereocenters. The van der Waals surface area contributed by atoms with Crippen LogP contribution in [0.3, 0.4) is 0 Å². The van der Waals surface area contributed by atoms with Crippen molar-refractivity contribution in [1.82, 2.24) is 14.7 Å². The molecular formula is C12H16N4O3S. The first-order valence-electron chi connectivity index (χ1n) is 6.31. The van der Waals surface area contributed by atoms with Crippen LogP contribution >= 0.6 is 0 Å². The molecule has 2 rings (SSSR count). The lowest BCUT2D eigenvalue weighted by Gasteiger charge is -2.09. The first kappa shape index (κ1) is 14.6. The summed E-state index contributed by atoms with van der Waals surface area (Å²) in [6, 6.07) is 0. The van der Waals surface area contributed by atoms with Gasteiger partial charge in [-0.25, -0.2) is 22.9 Å². The summed E-state index contributed by atoms with van der Waals surface area (Å²) in [5.74, 6) is 5.45. The van der Waals surface area contributed by atoms with Gasteiger partial charge in [0.05, 0.1) is 23.6 Å². The first-order valence-corrected chi connectivity index (χ1v) is 7.86. The van der Waals surface area contributed by atoms with Crippen molar-refractivity contribution in [1.29, 1.82) is 0 Å². The third-order valence-electron chi connectivity index (χ3n) is 3.17. The summed E-state index contributed by atoms with van der Waals surface area (Å²) in [6.45, 7) is 0.0113. The second kappa shape index (κ2) is 6.07. The molecule has 0 aromatic carbocycles. The van der Waals surface area contributed by atoms with E-state index >= 15 is 0 Å². The zero-order valence-electron chi connectivity index (χ0n) is 10.8. The highest BCUT2D eigenvalue weighted by Crippen LogP contribution is 2.23. The molecule has 0 saturated heterocycles. The predicted octanol–water partition coefficient (Wildman–Crippen LogP) is -0.434. The normalized spacial score (nSPS) is 15.8. The molecule has 1 saturated carbocycles. The number of aromatic nitrogens is 2. The molecule has 1 aromatic heterocycles. The molecule has 1 fully saturated rings. The van der Waals surface area contributed by atoms with Crippen LogP contribution in [0.5, 0.6) is 0 Å². The molecule has 1 heterocycles. The van der Waals surface area contributed by atoms with Crippen molar-refractivity contribution in [2.75, 3.05) is 12.3 Å². The first-order chi connectivity index (χ1) is 9.49. The van der Waals surface area contributed by atoms with E-state index in [4.69, 9.17) is 5.73 Å². The Bertz CT molecular complexity index is 693. The molecule has 20 heavy (non-hydrogen) atoms. The fraction of sp³-hybridized carbons (Fsp3) is 0.500. The van der Waals surface area contributed by atoms with Crippen LogP contribution in [0.25, 0.3) is 0 Å². The maximum atomic E-state index is 11.9. The van der Waals surface area contributed by atoms with Gasteiger partial charge in [-0.15, -0.1) is 0 Å². The highest BCUT2D eigenvalue weighted by molar-refractivity contribution is 7.90. The number of rotatable bonds is 3. The highest BCUT2D eigenvalue weighted by Gasteiger charge is 2.27. The van der Waals surface area contributed by atoms with E-state index in [1.54, 1.807) is 0 Å². The molecule has 4 N–H and O–H groups in total. The Balaban J connectivity index is 1.96. The van der Waals surface area contributed by atoms with Gasteiger partial charge in [-0.3, -0.25) is 4.98 Å². The van der Waals surface area contributed by atoms with Crippen LogP contribution in [-0.2, 0) is 10.0 Å². The van der Waals surface area contributed by atoms with Gasteiger partial charge >= 0.3 is 5.69 Å². The van der Waals surface area contributed by atoms with Crippen LogP contribution in [0, 0.1) is 11.8 Å². The lowest BCUT2D eigenvalue weighted by molar-refractivity contribution is 0.569. The average Bonchev–Trinajstić information content (AvgIpc) is 2.91. The number of hydrogen-bond acceptors (Lipinski definition) is 5. The third kappa shape index (κ3) is 3.59. The topological polar surface area (TPSA) is 118 Å². The number of nitrogens with one attached hydrogen (secondary N) is 2. The van der Waals surface area contributed by atoms with E-state index in [0.29, 0.717) is 18.4 Å². The van der Waals surface area contributed by atoms with Gasteiger partial charge in [-0.2, -0.15) is 0 Å². The van der Waals surface area contributed by atoms with Crippen LogP contribution in [-0.4, -0.2) is 30.2 Å². The van der Waals surface area contributed by atoms with Gasteiger partial charge in [0.25, 0.3) is 0 Å². The second-order valence-electron chi connectivity index (χ2n) is 4.59. The fourth-order valence-electron chi connectivity index (χ4n) is 2.10. The van der Waals surface area contributed by atoms with Crippen LogP contribution < -0.4 is 16.1 Å². The Morgan fingerprint density at radius 1 is 1.45 bits per heavy atom. The number of sulfonamides is 1. The summed E-state index contributed by atoms with van der Waals surface area (Å²) in [5, 5.41) is -0.302. The Kier molecular flexibility index (Phi) is 4.42. The Hall–Kier alpha value is -1.85. The summed E-state index contributed by atoms with van der Waals surface area (Å²) in [5.41, 5.74) is 5.37. The maximum Gasteiger partial charge on any atom is 0.346 e. The van der Waals surface area contributed by atoms with Gasteiger partial charge in [0.1, 0.15) is 5.82 Å². The molecule has 0 spiro atoms. The molecule has 1 aliphatic rings. The molecule has 0 aliphatic heterocycles. The second-order valence-corrected chi connectivity index (χ2v) is 6.64. The van der Waals surface area contributed by atoms with Gasteiger partial charge in [-0.1, -0.05) is 24.7 Å².